The molecule has 1 atom stereocenters. The number of amides is 2. The number of nitrogens with one attached hydrogen (secondary N) is 2. The molecule has 2 rings (SSSR count). The third-order valence-corrected chi connectivity index (χ3v) is 4.46. The van der Waals surface area contributed by atoms with Gasteiger partial charge in [0.2, 0.25) is 11.8 Å². The molecule has 24 heavy (non-hydrogen) atoms. The van der Waals surface area contributed by atoms with Crippen LogP contribution in [0.3, 0.4) is 0 Å². The molecular weight excluding hydrogens is 320 g/mol. The predicted molar refractivity (Wildman–Crippen MR) is 101 cm³/mol. The van der Waals surface area contributed by atoms with Crippen LogP contribution in [0.15, 0.2) is 47.4 Å². The van der Waals surface area contributed by atoms with E-state index < -0.39 is 0 Å². The van der Waals surface area contributed by atoms with Crippen LogP contribution in [0.5, 0.6) is 0 Å². The monoisotopic (exact) mass is 342 g/mol. The summed E-state index contributed by atoms with van der Waals surface area (Å²) in [5.41, 5.74) is 3.82. The van der Waals surface area contributed by atoms with Crippen LogP contribution in [0.1, 0.15) is 25.0 Å². The zero-order valence-corrected chi connectivity index (χ0v) is 15.2. The highest BCUT2D eigenvalue weighted by Crippen LogP contribution is 2.26. The Kier molecular flexibility index (Phi) is 6.04. The van der Waals surface area contributed by atoms with Gasteiger partial charge in [-0.15, -0.1) is 11.8 Å². The van der Waals surface area contributed by atoms with Gasteiger partial charge >= 0.3 is 0 Å². The molecule has 0 saturated carbocycles. The lowest BCUT2D eigenvalue weighted by atomic mass is 10.1. The second-order valence-electron chi connectivity index (χ2n) is 5.83. The van der Waals surface area contributed by atoms with Crippen molar-refractivity contribution in [2.24, 2.45) is 0 Å². The summed E-state index contributed by atoms with van der Waals surface area (Å²) >= 11 is 1.48. The van der Waals surface area contributed by atoms with Gasteiger partial charge < -0.3 is 10.6 Å². The molecule has 0 aliphatic heterocycles. The molecule has 0 aliphatic rings. The number of hydrogen-bond acceptors (Lipinski definition) is 3. The number of thioether (sulfide) groups is 1. The molecule has 0 aromatic heterocycles. The minimum Gasteiger partial charge on any atom is -0.326 e. The molecule has 2 aromatic carbocycles. The van der Waals surface area contributed by atoms with E-state index in [0.29, 0.717) is 0 Å². The van der Waals surface area contributed by atoms with Crippen molar-refractivity contribution < 1.29 is 9.59 Å². The summed E-state index contributed by atoms with van der Waals surface area (Å²) in [6.07, 6.45) is 0. The molecule has 2 N–H and O–H groups in total. The van der Waals surface area contributed by atoms with Crippen LogP contribution < -0.4 is 10.6 Å². The molecule has 2 aromatic rings. The number of hydrogen-bond donors (Lipinski definition) is 2. The van der Waals surface area contributed by atoms with E-state index in [1.165, 1.54) is 18.7 Å². The van der Waals surface area contributed by atoms with Gasteiger partial charge in [-0.05, 0) is 68.3 Å². The van der Waals surface area contributed by atoms with E-state index in [1.807, 2.05) is 57.2 Å². The maximum atomic E-state index is 12.4. The maximum Gasteiger partial charge on any atom is 0.237 e. The maximum absolute atomic E-state index is 12.4. The Morgan fingerprint density at radius 2 is 1.50 bits per heavy atom. The van der Waals surface area contributed by atoms with E-state index in [9.17, 15) is 9.59 Å². The molecule has 0 saturated heterocycles. The fraction of sp³-hybridized carbons (Fsp3) is 0.263. The molecule has 0 aliphatic carbocycles. The van der Waals surface area contributed by atoms with Gasteiger partial charge in [0.05, 0.1) is 5.25 Å². The van der Waals surface area contributed by atoms with E-state index >= 15 is 0 Å². The lowest BCUT2D eigenvalue weighted by molar-refractivity contribution is -0.115. The lowest BCUT2D eigenvalue weighted by Crippen LogP contribution is -2.22. The second kappa shape index (κ2) is 8.02. The van der Waals surface area contributed by atoms with Crippen molar-refractivity contribution in [1.82, 2.24) is 0 Å². The molecular formula is C19H22N2O2S. The minimum atomic E-state index is -0.225. The Hall–Kier alpha value is -2.27. The first-order chi connectivity index (χ1) is 11.3. The van der Waals surface area contributed by atoms with Gasteiger partial charge in [-0.2, -0.15) is 0 Å². The Balaban J connectivity index is 1.97. The van der Waals surface area contributed by atoms with Crippen molar-refractivity contribution >= 4 is 35.0 Å². The molecule has 0 bridgehead atoms. The zero-order valence-electron chi connectivity index (χ0n) is 14.3. The number of anilines is 2. The smallest absolute Gasteiger partial charge is 0.237 e. The highest BCUT2D eigenvalue weighted by atomic mass is 32.2. The molecule has 0 fully saturated rings. The predicted octanol–water partition coefficient (Wildman–Crippen LogP) is 4.38. The Labute approximate surface area is 147 Å². The van der Waals surface area contributed by atoms with Gasteiger partial charge in [-0.1, -0.05) is 6.07 Å². The van der Waals surface area contributed by atoms with E-state index in [1.54, 1.807) is 0 Å². The normalized spacial score (nSPS) is 11.7. The standard InChI is InChI=1S/C19H22N2O2S/c1-12-9-13(2)11-17(10-12)21-19(23)14(3)24-18-7-5-16(6-8-18)20-15(4)22/h5-11,14H,1-4H3,(H,20,22)(H,21,23). The van der Waals surface area contributed by atoms with E-state index in [4.69, 9.17) is 0 Å². The molecule has 1 unspecified atom stereocenters. The highest BCUT2D eigenvalue weighted by Gasteiger charge is 2.15. The van der Waals surface area contributed by atoms with Gasteiger partial charge in [0.1, 0.15) is 0 Å². The van der Waals surface area contributed by atoms with Crippen LogP contribution in [-0.4, -0.2) is 17.1 Å². The van der Waals surface area contributed by atoms with Crippen LogP contribution in [0.25, 0.3) is 0 Å². The van der Waals surface area contributed by atoms with Crippen molar-refractivity contribution in [2.75, 3.05) is 10.6 Å². The van der Waals surface area contributed by atoms with Gasteiger partial charge in [-0.3, -0.25) is 9.59 Å². The van der Waals surface area contributed by atoms with Crippen LogP contribution in [0, 0.1) is 13.8 Å². The first-order valence-corrected chi connectivity index (χ1v) is 8.65. The topological polar surface area (TPSA) is 58.2 Å². The first kappa shape index (κ1) is 18.1. The fourth-order valence-electron chi connectivity index (χ4n) is 2.37. The number of benzene rings is 2. The molecule has 0 spiro atoms. The van der Waals surface area contributed by atoms with Crippen LogP contribution in [0.2, 0.25) is 0 Å². The molecule has 126 valence electrons. The summed E-state index contributed by atoms with van der Waals surface area (Å²) in [4.78, 5) is 24.4. The summed E-state index contributed by atoms with van der Waals surface area (Å²) in [6.45, 7) is 7.38. The van der Waals surface area contributed by atoms with E-state index in [0.717, 1.165) is 27.4 Å². The van der Waals surface area contributed by atoms with Gasteiger partial charge in [-0.25, -0.2) is 0 Å². The fourth-order valence-corrected chi connectivity index (χ4v) is 3.24. The third-order valence-electron chi connectivity index (χ3n) is 3.35. The van der Waals surface area contributed by atoms with Crippen LogP contribution in [-0.2, 0) is 9.59 Å². The first-order valence-electron chi connectivity index (χ1n) is 7.77. The minimum absolute atomic E-state index is 0.0315. The summed E-state index contributed by atoms with van der Waals surface area (Å²) in [6, 6.07) is 13.5. The number of carbonyl (C=O) groups is 2. The highest BCUT2D eigenvalue weighted by molar-refractivity contribution is 8.00. The molecule has 5 heteroatoms. The number of rotatable bonds is 5. The Morgan fingerprint density at radius 1 is 0.917 bits per heavy atom. The molecule has 0 radical (unpaired) electrons. The van der Waals surface area contributed by atoms with Crippen molar-refractivity contribution in [3.8, 4) is 0 Å². The van der Waals surface area contributed by atoms with Crippen LogP contribution >= 0.6 is 11.8 Å². The van der Waals surface area contributed by atoms with Crippen LogP contribution in [0.4, 0.5) is 11.4 Å². The lowest BCUT2D eigenvalue weighted by Gasteiger charge is -2.13. The average Bonchev–Trinajstić information content (AvgIpc) is 2.47. The Morgan fingerprint density at radius 3 is 2.04 bits per heavy atom. The van der Waals surface area contributed by atoms with Crippen molar-refractivity contribution in [3.05, 3.63) is 53.6 Å². The SMILES string of the molecule is CC(=O)Nc1ccc(SC(C)C(=O)Nc2cc(C)cc(C)c2)cc1. The zero-order chi connectivity index (χ0) is 17.7. The molecule has 0 heterocycles. The van der Waals surface area contributed by atoms with Crippen molar-refractivity contribution in [1.29, 1.82) is 0 Å². The molecule has 4 nitrogen and oxygen atoms in total. The second-order valence-corrected chi connectivity index (χ2v) is 7.25. The van der Waals surface area contributed by atoms with E-state index in [-0.39, 0.29) is 17.1 Å². The van der Waals surface area contributed by atoms with Gasteiger partial charge in [0.25, 0.3) is 0 Å². The number of aryl methyl sites for hydroxylation is 2. The third kappa shape index (κ3) is 5.42. The average molecular weight is 342 g/mol. The van der Waals surface area contributed by atoms with Gasteiger partial charge in [0, 0.05) is 23.2 Å². The molecule has 2 amide bonds. The number of carbonyl (C=O) groups excluding carboxylic acids is 2. The summed E-state index contributed by atoms with van der Waals surface area (Å²) in [5, 5.41) is 5.46. The van der Waals surface area contributed by atoms with Crippen molar-refractivity contribution in [3.63, 3.8) is 0 Å². The quantitative estimate of drug-likeness (QED) is 0.793. The van der Waals surface area contributed by atoms with E-state index in [2.05, 4.69) is 16.7 Å². The van der Waals surface area contributed by atoms with Crippen molar-refractivity contribution in [2.45, 2.75) is 37.8 Å². The summed E-state index contributed by atoms with van der Waals surface area (Å²) in [7, 11) is 0. The largest absolute Gasteiger partial charge is 0.326 e. The summed E-state index contributed by atoms with van der Waals surface area (Å²) < 4.78 is 0. The van der Waals surface area contributed by atoms with Gasteiger partial charge in [0.15, 0.2) is 0 Å². The summed E-state index contributed by atoms with van der Waals surface area (Å²) in [5.74, 6) is -0.132. The Bertz CT molecular complexity index is 721.